The summed E-state index contributed by atoms with van der Waals surface area (Å²) < 4.78 is 4.92. The fourth-order valence-corrected chi connectivity index (χ4v) is 1.60. The van der Waals surface area contributed by atoms with Gasteiger partial charge in [0, 0.05) is 11.4 Å². The van der Waals surface area contributed by atoms with E-state index >= 15 is 0 Å². The summed E-state index contributed by atoms with van der Waals surface area (Å²) in [6.45, 7) is 0. The number of nitrogens with zero attached hydrogens (tertiary/aromatic N) is 2. The van der Waals surface area contributed by atoms with E-state index in [2.05, 4.69) is 15.9 Å². The number of halogens is 1. The predicted molar refractivity (Wildman–Crippen MR) is 57.0 cm³/mol. The van der Waals surface area contributed by atoms with Crippen LogP contribution in [0, 0.1) is 21.4 Å². The number of nitriles is 1. The van der Waals surface area contributed by atoms with E-state index in [1.54, 1.807) is 0 Å². The van der Waals surface area contributed by atoms with E-state index in [1.165, 1.54) is 19.2 Å². The number of nitro benzene ring substituents is 1. The molecule has 1 rings (SSSR count). The molecule has 0 fully saturated rings. The second-order valence-corrected chi connectivity index (χ2v) is 3.25. The molecule has 78 valence electrons. The van der Waals surface area contributed by atoms with Gasteiger partial charge in [-0.25, -0.2) is 0 Å². The van der Waals surface area contributed by atoms with Crippen LogP contribution in [0.2, 0.25) is 0 Å². The van der Waals surface area contributed by atoms with E-state index in [9.17, 15) is 10.1 Å². The largest absolute Gasteiger partial charge is 0.495 e. The molecule has 1 aromatic carbocycles. The molecule has 0 bridgehead atoms. The molecule has 0 heterocycles. The molecular formula is C9H7BrN2O3. The first-order valence-electron chi connectivity index (χ1n) is 3.95. The number of rotatable bonds is 3. The molecule has 5 nitrogen and oxygen atoms in total. The van der Waals surface area contributed by atoms with E-state index in [4.69, 9.17) is 10.00 Å². The Morgan fingerprint density at radius 1 is 1.67 bits per heavy atom. The molecule has 15 heavy (non-hydrogen) atoms. The van der Waals surface area contributed by atoms with Gasteiger partial charge in [0.2, 0.25) is 0 Å². The molecule has 0 saturated carbocycles. The standard InChI is InChI=1S/C9H7BrN2O3/c1-15-9-3-7(12(13)14)2-6(4-10)8(9)5-11/h2-3H,4H2,1H3. The molecule has 0 atom stereocenters. The predicted octanol–water partition coefficient (Wildman–Crippen LogP) is 2.37. The van der Waals surface area contributed by atoms with Crippen LogP contribution in [0.3, 0.4) is 0 Å². The molecule has 0 N–H and O–H groups in total. The Hall–Kier alpha value is -1.61. The summed E-state index contributed by atoms with van der Waals surface area (Å²) in [5.74, 6) is 0.223. The number of hydrogen-bond donors (Lipinski definition) is 0. The van der Waals surface area contributed by atoms with Crippen LogP contribution in [0.4, 0.5) is 5.69 Å². The van der Waals surface area contributed by atoms with Crippen molar-refractivity contribution in [1.29, 1.82) is 5.26 Å². The third kappa shape index (κ3) is 2.25. The zero-order valence-corrected chi connectivity index (χ0v) is 9.44. The SMILES string of the molecule is COc1cc([N+](=O)[O-])cc(CBr)c1C#N. The minimum Gasteiger partial charge on any atom is -0.495 e. The van der Waals surface area contributed by atoms with Crippen molar-refractivity contribution in [3.8, 4) is 11.8 Å². The number of non-ortho nitro benzene ring substituents is 1. The van der Waals surface area contributed by atoms with Crippen LogP contribution in [0.15, 0.2) is 12.1 Å². The van der Waals surface area contributed by atoms with Crippen molar-refractivity contribution < 1.29 is 9.66 Å². The Labute approximate surface area is 94.6 Å². The lowest BCUT2D eigenvalue weighted by Gasteiger charge is -2.06. The summed E-state index contributed by atoms with van der Waals surface area (Å²) in [6, 6.07) is 4.55. The summed E-state index contributed by atoms with van der Waals surface area (Å²) in [4.78, 5) is 10.1. The summed E-state index contributed by atoms with van der Waals surface area (Å²) >= 11 is 3.17. The fourth-order valence-electron chi connectivity index (χ4n) is 1.16. The average Bonchev–Trinajstić information content (AvgIpc) is 2.26. The number of nitro groups is 1. The van der Waals surface area contributed by atoms with Gasteiger partial charge in [0.05, 0.1) is 23.7 Å². The van der Waals surface area contributed by atoms with Gasteiger partial charge in [-0.2, -0.15) is 5.26 Å². The first-order valence-corrected chi connectivity index (χ1v) is 5.07. The van der Waals surface area contributed by atoms with Crippen molar-refractivity contribution >= 4 is 21.6 Å². The van der Waals surface area contributed by atoms with E-state index in [0.29, 0.717) is 16.5 Å². The summed E-state index contributed by atoms with van der Waals surface area (Å²) in [7, 11) is 1.37. The molecule has 6 heteroatoms. The monoisotopic (exact) mass is 270 g/mol. The second kappa shape index (κ2) is 4.75. The highest BCUT2D eigenvalue weighted by atomic mass is 79.9. The maximum Gasteiger partial charge on any atom is 0.273 e. The van der Waals surface area contributed by atoms with Gasteiger partial charge in [0.25, 0.3) is 5.69 Å². The van der Waals surface area contributed by atoms with Crippen molar-refractivity contribution in [1.82, 2.24) is 0 Å². The first-order chi connectivity index (χ1) is 7.13. The van der Waals surface area contributed by atoms with Gasteiger partial charge in [0.1, 0.15) is 11.8 Å². The summed E-state index contributed by atoms with van der Waals surface area (Å²) in [5.41, 5.74) is 0.781. The maximum atomic E-state index is 10.6. The Balaban J connectivity index is 3.44. The molecule has 0 aliphatic rings. The highest BCUT2D eigenvalue weighted by molar-refractivity contribution is 9.08. The van der Waals surface area contributed by atoms with Crippen LogP contribution in [0.5, 0.6) is 5.75 Å². The summed E-state index contributed by atoms with van der Waals surface area (Å²) in [6.07, 6.45) is 0. The van der Waals surface area contributed by atoms with Crippen molar-refractivity contribution in [2.45, 2.75) is 5.33 Å². The zero-order chi connectivity index (χ0) is 11.4. The molecule has 0 unspecified atom stereocenters. The highest BCUT2D eigenvalue weighted by Gasteiger charge is 2.16. The topological polar surface area (TPSA) is 76.2 Å². The first kappa shape index (κ1) is 11.5. The van der Waals surface area contributed by atoms with Gasteiger partial charge in [0.15, 0.2) is 0 Å². The summed E-state index contributed by atoms with van der Waals surface area (Å²) in [5, 5.41) is 19.8. The van der Waals surface area contributed by atoms with Gasteiger partial charge >= 0.3 is 0 Å². The number of ether oxygens (including phenoxy) is 1. The normalized spacial score (nSPS) is 9.40. The van der Waals surface area contributed by atoms with E-state index in [-0.39, 0.29) is 11.4 Å². The maximum absolute atomic E-state index is 10.6. The number of methoxy groups -OCH3 is 1. The molecule has 0 amide bonds. The van der Waals surface area contributed by atoms with Crippen molar-refractivity contribution in [3.05, 3.63) is 33.4 Å². The van der Waals surface area contributed by atoms with Gasteiger partial charge in [-0.15, -0.1) is 0 Å². The molecule has 0 spiro atoms. The second-order valence-electron chi connectivity index (χ2n) is 2.68. The minimum absolute atomic E-state index is 0.0831. The number of alkyl halides is 1. The molecular weight excluding hydrogens is 264 g/mol. The Morgan fingerprint density at radius 3 is 2.73 bits per heavy atom. The van der Waals surface area contributed by atoms with E-state index in [1.807, 2.05) is 6.07 Å². The third-order valence-electron chi connectivity index (χ3n) is 1.86. The van der Waals surface area contributed by atoms with Crippen molar-refractivity contribution in [2.24, 2.45) is 0 Å². The van der Waals surface area contributed by atoms with Crippen LogP contribution < -0.4 is 4.74 Å². The molecule has 1 aromatic rings. The lowest BCUT2D eigenvalue weighted by molar-refractivity contribution is -0.385. The van der Waals surface area contributed by atoms with Gasteiger partial charge < -0.3 is 4.74 Å². The zero-order valence-electron chi connectivity index (χ0n) is 7.86. The number of benzene rings is 1. The van der Waals surface area contributed by atoms with E-state index < -0.39 is 4.92 Å². The lowest BCUT2D eigenvalue weighted by Crippen LogP contribution is -1.96. The van der Waals surface area contributed by atoms with Crippen LogP contribution in [0.1, 0.15) is 11.1 Å². The highest BCUT2D eigenvalue weighted by Crippen LogP contribution is 2.29. The average molecular weight is 271 g/mol. The molecule has 0 aliphatic carbocycles. The molecule has 0 saturated heterocycles. The lowest BCUT2D eigenvalue weighted by atomic mass is 10.1. The van der Waals surface area contributed by atoms with E-state index in [0.717, 1.165) is 0 Å². The van der Waals surface area contributed by atoms with Gasteiger partial charge in [-0.3, -0.25) is 10.1 Å². The van der Waals surface area contributed by atoms with Gasteiger partial charge in [-0.1, -0.05) is 15.9 Å². The smallest absolute Gasteiger partial charge is 0.273 e. The Bertz CT molecular complexity index is 414. The fraction of sp³-hybridized carbons (Fsp3) is 0.222. The van der Waals surface area contributed by atoms with Crippen molar-refractivity contribution in [3.63, 3.8) is 0 Å². The molecule has 0 aliphatic heterocycles. The van der Waals surface area contributed by atoms with Crippen LogP contribution in [-0.2, 0) is 5.33 Å². The number of hydrogen-bond acceptors (Lipinski definition) is 4. The molecule has 0 radical (unpaired) electrons. The quantitative estimate of drug-likeness (QED) is 0.480. The van der Waals surface area contributed by atoms with Crippen LogP contribution in [0.25, 0.3) is 0 Å². The minimum atomic E-state index is -0.518. The van der Waals surface area contributed by atoms with Crippen molar-refractivity contribution in [2.75, 3.05) is 7.11 Å². The third-order valence-corrected chi connectivity index (χ3v) is 2.46. The molecule has 0 aromatic heterocycles. The Morgan fingerprint density at radius 2 is 2.33 bits per heavy atom. The van der Waals surface area contributed by atoms with Gasteiger partial charge in [-0.05, 0) is 5.56 Å². The van der Waals surface area contributed by atoms with Crippen LogP contribution >= 0.6 is 15.9 Å². The van der Waals surface area contributed by atoms with Crippen LogP contribution in [-0.4, -0.2) is 12.0 Å². The Kier molecular flexibility index (Phi) is 3.63.